The summed E-state index contributed by atoms with van der Waals surface area (Å²) < 4.78 is 41.1. The van der Waals surface area contributed by atoms with Crippen molar-refractivity contribution in [3.63, 3.8) is 0 Å². The number of alkyl halides is 3. The number of aliphatic hydroxyl groups excluding tert-OH is 1. The molecule has 3 aromatic rings. The summed E-state index contributed by atoms with van der Waals surface area (Å²) in [6.07, 6.45) is -2.05. The van der Waals surface area contributed by atoms with Gasteiger partial charge in [-0.2, -0.15) is 0 Å². The number of pyridine rings is 1. The average Bonchev–Trinajstić information content (AvgIpc) is 2.70. The van der Waals surface area contributed by atoms with Gasteiger partial charge in [-0.05, 0) is 47.0 Å². The molecule has 3 rings (SSSR count). The minimum atomic E-state index is -4.77. The Bertz CT molecular complexity index is 1050. The summed E-state index contributed by atoms with van der Waals surface area (Å²) in [5.74, 6) is -0.695. The summed E-state index contributed by atoms with van der Waals surface area (Å²) >= 11 is 0. The van der Waals surface area contributed by atoms with Crippen molar-refractivity contribution in [1.29, 1.82) is 0 Å². The third kappa shape index (κ3) is 4.72. The normalized spacial score (nSPS) is 11.3. The molecular formula is C21H17F3N2O3. The highest BCUT2D eigenvalue weighted by Gasteiger charge is 2.31. The van der Waals surface area contributed by atoms with Gasteiger partial charge in [-0.25, -0.2) is 0 Å². The number of carbonyl (C=O) groups excluding carboxylic acids is 1. The Hall–Kier alpha value is -3.39. The van der Waals surface area contributed by atoms with Crippen molar-refractivity contribution in [2.75, 3.05) is 0 Å². The number of benzene rings is 2. The first kappa shape index (κ1) is 20.3. The van der Waals surface area contributed by atoms with Gasteiger partial charge in [-0.3, -0.25) is 9.78 Å². The highest BCUT2D eigenvalue weighted by atomic mass is 19.4. The standard InChI is InChI=1S/C21H17F3N2O3/c1-2-19(28)26-11-14-10-17(16-4-3-9-25-20(16)18(14)12-27)13-5-7-15(8-6-13)29-21(22,23)24/h2-10,27H,1,11-12H2,(H,26,28). The Morgan fingerprint density at radius 1 is 1.24 bits per heavy atom. The second kappa shape index (κ2) is 8.32. The number of rotatable bonds is 6. The maximum absolute atomic E-state index is 12.4. The lowest BCUT2D eigenvalue weighted by atomic mass is 9.94. The van der Waals surface area contributed by atoms with Gasteiger partial charge in [0.1, 0.15) is 5.75 Å². The van der Waals surface area contributed by atoms with Crippen molar-refractivity contribution < 1.29 is 27.8 Å². The van der Waals surface area contributed by atoms with Crippen molar-refractivity contribution >= 4 is 16.8 Å². The number of nitrogens with zero attached hydrogens (tertiary/aromatic N) is 1. The smallest absolute Gasteiger partial charge is 0.406 e. The van der Waals surface area contributed by atoms with E-state index in [2.05, 4.69) is 21.6 Å². The van der Waals surface area contributed by atoms with Crippen LogP contribution in [-0.4, -0.2) is 22.4 Å². The second-order valence-electron chi connectivity index (χ2n) is 6.11. The van der Waals surface area contributed by atoms with Gasteiger partial charge in [0.25, 0.3) is 0 Å². The van der Waals surface area contributed by atoms with Gasteiger partial charge in [0, 0.05) is 23.7 Å². The fourth-order valence-corrected chi connectivity index (χ4v) is 3.02. The summed E-state index contributed by atoms with van der Waals surface area (Å²) in [4.78, 5) is 15.9. The predicted molar refractivity (Wildman–Crippen MR) is 102 cm³/mol. The lowest BCUT2D eigenvalue weighted by Gasteiger charge is -2.16. The number of amides is 1. The molecule has 0 atom stereocenters. The van der Waals surface area contributed by atoms with Crippen molar-refractivity contribution in [2.45, 2.75) is 19.5 Å². The topological polar surface area (TPSA) is 71.5 Å². The third-order valence-electron chi connectivity index (χ3n) is 4.29. The molecule has 29 heavy (non-hydrogen) atoms. The van der Waals surface area contributed by atoms with Crippen molar-refractivity contribution in [1.82, 2.24) is 10.3 Å². The molecule has 1 aromatic heterocycles. The van der Waals surface area contributed by atoms with Crippen LogP contribution in [0.4, 0.5) is 13.2 Å². The largest absolute Gasteiger partial charge is 0.573 e. The molecule has 0 unspecified atom stereocenters. The molecule has 0 fully saturated rings. The molecule has 0 radical (unpaired) electrons. The quantitative estimate of drug-likeness (QED) is 0.609. The number of halogens is 3. The fourth-order valence-electron chi connectivity index (χ4n) is 3.02. The molecule has 2 N–H and O–H groups in total. The van der Waals surface area contributed by atoms with E-state index in [0.717, 1.165) is 11.5 Å². The van der Waals surface area contributed by atoms with Crippen LogP contribution in [0.3, 0.4) is 0 Å². The van der Waals surface area contributed by atoms with Gasteiger partial charge >= 0.3 is 6.36 Å². The molecule has 1 heterocycles. The number of aliphatic hydroxyl groups is 1. The molecule has 5 nitrogen and oxygen atoms in total. The molecule has 0 aliphatic heterocycles. The minimum Gasteiger partial charge on any atom is -0.406 e. The highest BCUT2D eigenvalue weighted by Crippen LogP contribution is 2.34. The highest BCUT2D eigenvalue weighted by molar-refractivity contribution is 5.97. The van der Waals surface area contributed by atoms with E-state index in [1.165, 1.54) is 24.3 Å². The Balaban J connectivity index is 2.09. The van der Waals surface area contributed by atoms with Crippen LogP contribution in [0.25, 0.3) is 22.0 Å². The van der Waals surface area contributed by atoms with Crippen LogP contribution in [-0.2, 0) is 17.9 Å². The summed E-state index contributed by atoms with van der Waals surface area (Å²) in [6, 6.07) is 10.8. The summed E-state index contributed by atoms with van der Waals surface area (Å²) in [7, 11) is 0. The number of hydrogen-bond acceptors (Lipinski definition) is 4. The van der Waals surface area contributed by atoms with Gasteiger partial charge < -0.3 is 15.2 Å². The Labute approximate surface area is 164 Å². The van der Waals surface area contributed by atoms with E-state index in [9.17, 15) is 23.1 Å². The Morgan fingerprint density at radius 3 is 2.59 bits per heavy atom. The fraction of sp³-hybridized carbons (Fsp3) is 0.143. The molecule has 0 aliphatic carbocycles. The molecule has 0 aliphatic rings. The van der Waals surface area contributed by atoms with Crippen molar-refractivity contribution in [3.05, 3.63) is 72.4 Å². The molecule has 150 valence electrons. The van der Waals surface area contributed by atoms with Crippen LogP contribution < -0.4 is 10.1 Å². The van der Waals surface area contributed by atoms with E-state index in [1.54, 1.807) is 18.3 Å². The number of aromatic nitrogens is 1. The monoisotopic (exact) mass is 402 g/mol. The number of ether oxygens (including phenoxy) is 1. The van der Waals surface area contributed by atoms with Crippen LogP contribution in [0.15, 0.2) is 61.3 Å². The average molecular weight is 402 g/mol. The minimum absolute atomic E-state index is 0.134. The zero-order chi connectivity index (χ0) is 21.0. The van der Waals surface area contributed by atoms with E-state index >= 15 is 0 Å². The first-order valence-electron chi connectivity index (χ1n) is 8.59. The number of carbonyl (C=O) groups is 1. The molecule has 2 aromatic carbocycles. The van der Waals surface area contributed by atoms with E-state index in [4.69, 9.17) is 0 Å². The van der Waals surface area contributed by atoms with Gasteiger partial charge in [0.2, 0.25) is 5.91 Å². The van der Waals surface area contributed by atoms with Gasteiger partial charge in [0.15, 0.2) is 0 Å². The number of nitrogens with one attached hydrogen (secondary N) is 1. The molecule has 8 heteroatoms. The SMILES string of the molecule is C=CC(=O)NCc1cc(-c2ccc(OC(F)(F)F)cc2)c2cccnc2c1CO. The summed E-state index contributed by atoms with van der Waals surface area (Å²) in [5, 5.41) is 13.2. The maximum atomic E-state index is 12.4. The molecule has 0 spiro atoms. The number of hydrogen-bond donors (Lipinski definition) is 2. The van der Waals surface area contributed by atoms with Crippen LogP contribution >= 0.6 is 0 Å². The van der Waals surface area contributed by atoms with E-state index in [1.807, 2.05) is 6.07 Å². The van der Waals surface area contributed by atoms with E-state index in [0.29, 0.717) is 27.8 Å². The predicted octanol–water partition coefficient (Wildman–Crippen LogP) is 4.09. The number of fused-ring (bicyclic) bond motifs is 1. The summed E-state index contributed by atoms with van der Waals surface area (Å²) in [5.41, 5.74) is 3.08. The Morgan fingerprint density at radius 2 is 1.97 bits per heavy atom. The lowest BCUT2D eigenvalue weighted by molar-refractivity contribution is -0.274. The molecular weight excluding hydrogens is 385 g/mol. The molecule has 1 amide bonds. The van der Waals surface area contributed by atoms with Crippen LogP contribution in [0.2, 0.25) is 0 Å². The van der Waals surface area contributed by atoms with Crippen molar-refractivity contribution in [3.8, 4) is 16.9 Å². The zero-order valence-corrected chi connectivity index (χ0v) is 15.2. The van der Waals surface area contributed by atoms with Gasteiger partial charge in [-0.1, -0.05) is 24.8 Å². The first-order valence-corrected chi connectivity index (χ1v) is 8.59. The Kier molecular flexibility index (Phi) is 5.84. The molecule has 0 saturated carbocycles. The zero-order valence-electron chi connectivity index (χ0n) is 15.2. The molecule has 0 saturated heterocycles. The van der Waals surface area contributed by atoms with Crippen LogP contribution in [0, 0.1) is 0 Å². The van der Waals surface area contributed by atoms with E-state index in [-0.39, 0.29) is 24.8 Å². The van der Waals surface area contributed by atoms with Gasteiger partial charge in [-0.15, -0.1) is 13.2 Å². The second-order valence-corrected chi connectivity index (χ2v) is 6.11. The molecule has 0 bridgehead atoms. The van der Waals surface area contributed by atoms with E-state index < -0.39 is 6.36 Å². The maximum Gasteiger partial charge on any atom is 0.573 e. The third-order valence-corrected chi connectivity index (χ3v) is 4.29. The van der Waals surface area contributed by atoms with Crippen LogP contribution in [0.1, 0.15) is 11.1 Å². The van der Waals surface area contributed by atoms with Gasteiger partial charge in [0.05, 0.1) is 12.1 Å². The van der Waals surface area contributed by atoms with Crippen molar-refractivity contribution in [2.24, 2.45) is 0 Å². The lowest BCUT2D eigenvalue weighted by Crippen LogP contribution is -2.21. The summed E-state index contributed by atoms with van der Waals surface area (Å²) in [6.45, 7) is 3.25. The first-order chi connectivity index (χ1) is 13.8. The van der Waals surface area contributed by atoms with Crippen LogP contribution in [0.5, 0.6) is 5.75 Å².